The fourth-order valence-electron chi connectivity index (χ4n) is 2.62. The van der Waals surface area contributed by atoms with E-state index in [1.165, 1.54) is 11.8 Å². The zero-order chi connectivity index (χ0) is 19.9. The normalized spacial score (nSPS) is 10.3. The van der Waals surface area contributed by atoms with Gasteiger partial charge in [0.1, 0.15) is 22.6 Å². The van der Waals surface area contributed by atoms with Crippen LogP contribution < -0.4 is 14.8 Å². The Morgan fingerprint density at radius 3 is 2.82 bits per heavy atom. The molecule has 0 radical (unpaired) electrons. The van der Waals surface area contributed by atoms with Gasteiger partial charge in [-0.25, -0.2) is 4.98 Å². The van der Waals surface area contributed by atoms with Crippen molar-refractivity contribution < 1.29 is 14.3 Å². The van der Waals surface area contributed by atoms with Crippen molar-refractivity contribution in [3.8, 4) is 17.6 Å². The number of fused-ring (bicyclic) bond motifs is 1. The summed E-state index contributed by atoms with van der Waals surface area (Å²) in [5.41, 5.74) is 1.83. The van der Waals surface area contributed by atoms with E-state index in [2.05, 4.69) is 16.4 Å². The first-order valence-corrected chi connectivity index (χ1v) is 9.66. The number of hydrogen-bond donors (Lipinski definition) is 1. The summed E-state index contributed by atoms with van der Waals surface area (Å²) in [7, 11) is 1.57. The summed E-state index contributed by atoms with van der Waals surface area (Å²) in [5.74, 6) is 1.36. The van der Waals surface area contributed by atoms with E-state index in [0.29, 0.717) is 28.6 Å². The number of carbonyl (C=O) groups excluding carboxylic acids is 1. The van der Waals surface area contributed by atoms with Crippen LogP contribution >= 0.6 is 11.8 Å². The number of anilines is 1. The van der Waals surface area contributed by atoms with Crippen LogP contribution in [0.1, 0.15) is 12.5 Å². The molecule has 1 amide bonds. The third-order valence-corrected chi connectivity index (χ3v) is 4.87. The van der Waals surface area contributed by atoms with Gasteiger partial charge in [-0.3, -0.25) is 4.79 Å². The smallest absolute Gasteiger partial charge is 0.234 e. The Labute approximate surface area is 167 Å². The van der Waals surface area contributed by atoms with Gasteiger partial charge in [-0.15, -0.1) is 0 Å². The predicted octanol–water partition coefficient (Wildman–Crippen LogP) is 4.24. The van der Waals surface area contributed by atoms with E-state index in [1.54, 1.807) is 37.4 Å². The highest BCUT2D eigenvalue weighted by molar-refractivity contribution is 8.00. The number of carbonyl (C=O) groups is 1. The third-order valence-electron chi connectivity index (χ3n) is 3.88. The maximum Gasteiger partial charge on any atom is 0.234 e. The number of methoxy groups -OCH3 is 1. The van der Waals surface area contributed by atoms with Crippen LogP contribution in [0.4, 0.5) is 5.69 Å². The number of thioether (sulfide) groups is 1. The van der Waals surface area contributed by atoms with E-state index in [1.807, 2.05) is 25.1 Å². The number of nitrogens with one attached hydrogen (secondary N) is 1. The van der Waals surface area contributed by atoms with Gasteiger partial charge in [0.2, 0.25) is 5.91 Å². The number of benzene rings is 2. The number of hydrogen-bond acceptors (Lipinski definition) is 6. The molecule has 0 aliphatic heterocycles. The molecule has 142 valence electrons. The summed E-state index contributed by atoms with van der Waals surface area (Å²) >= 11 is 1.23. The van der Waals surface area contributed by atoms with Gasteiger partial charge in [0.05, 0.1) is 30.5 Å². The predicted molar refractivity (Wildman–Crippen MR) is 110 cm³/mol. The molecule has 0 aliphatic carbocycles. The number of aromatic nitrogens is 1. The Morgan fingerprint density at radius 1 is 1.21 bits per heavy atom. The second-order valence-electron chi connectivity index (χ2n) is 5.81. The summed E-state index contributed by atoms with van der Waals surface area (Å²) in [6.07, 6.45) is 0. The number of rotatable bonds is 7. The minimum absolute atomic E-state index is 0.140. The van der Waals surface area contributed by atoms with Gasteiger partial charge < -0.3 is 14.8 Å². The van der Waals surface area contributed by atoms with Crippen LogP contribution in [0.3, 0.4) is 0 Å². The maximum absolute atomic E-state index is 12.3. The second-order valence-corrected chi connectivity index (χ2v) is 6.77. The van der Waals surface area contributed by atoms with Crippen LogP contribution in [0, 0.1) is 11.3 Å². The molecule has 0 aliphatic rings. The van der Waals surface area contributed by atoms with Crippen LogP contribution in [-0.2, 0) is 4.79 Å². The molecule has 0 fully saturated rings. The molecule has 0 spiro atoms. The molecular weight excluding hydrogens is 374 g/mol. The highest BCUT2D eigenvalue weighted by Gasteiger charge is 2.11. The van der Waals surface area contributed by atoms with Gasteiger partial charge in [0, 0.05) is 17.1 Å². The topological polar surface area (TPSA) is 84.2 Å². The SMILES string of the molecule is CCOc1ccc2nc(SCC(=O)Nc3cccc(OC)c3)c(C#N)cc2c1. The molecule has 0 atom stereocenters. The Kier molecular flexibility index (Phi) is 6.35. The second kappa shape index (κ2) is 9.11. The van der Waals surface area contributed by atoms with E-state index in [0.717, 1.165) is 16.7 Å². The molecule has 3 aromatic rings. The average Bonchev–Trinajstić information content (AvgIpc) is 2.72. The van der Waals surface area contributed by atoms with Crippen molar-refractivity contribution in [3.05, 3.63) is 54.1 Å². The van der Waals surface area contributed by atoms with E-state index in [-0.39, 0.29) is 11.7 Å². The van der Waals surface area contributed by atoms with E-state index in [4.69, 9.17) is 9.47 Å². The van der Waals surface area contributed by atoms with Crippen molar-refractivity contribution in [3.63, 3.8) is 0 Å². The van der Waals surface area contributed by atoms with Gasteiger partial charge in [0.15, 0.2) is 0 Å². The first kappa shape index (κ1) is 19.5. The molecular formula is C21H19N3O3S. The van der Waals surface area contributed by atoms with Crippen LogP contribution in [0.5, 0.6) is 11.5 Å². The zero-order valence-electron chi connectivity index (χ0n) is 15.6. The van der Waals surface area contributed by atoms with Crippen molar-refractivity contribution >= 4 is 34.3 Å². The molecule has 1 heterocycles. The fraction of sp³-hybridized carbons (Fsp3) is 0.190. The van der Waals surface area contributed by atoms with Gasteiger partial charge >= 0.3 is 0 Å². The molecule has 0 unspecified atom stereocenters. The Balaban J connectivity index is 1.73. The third kappa shape index (κ3) is 4.72. The number of amides is 1. The summed E-state index contributed by atoms with van der Waals surface area (Å²) in [6, 6.07) is 16.6. The molecule has 0 saturated heterocycles. The zero-order valence-corrected chi connectivity index (χ0v) is 16.4. The van der Waals surface area contributed by atoms with E-state index >= 15 is 0 Å². The lowest BCUT2D eigenvalue weighted by atomic mass is 10.1. The summed E-state index contributed by atoms with van der Waals surface area (Å²) in [6.45, 7) is 2.49. The number of ether oxygens (including phenoxy) is 2. The van der Waals surface area contributed by atoms with Crippen LogP contribution in [-0.4, -0.2) is 30.4 Å². The Bertz CT molecular complexity index is 1050. The van der Waals surface area contributed by atoms with Gasteiger partial charge in [-0.1, -0.05) is 17.8 Å². The highest BCUT2D eigenvalue weighted by Crippen LogP contribution is 2.27. The minimum atomic E-state index is -0.185. The van der Waals surface area contributed by atoms with Crippen molar-refractivity contribution in [1.29, 1.82) is 5.26 Å². The van der Waals surface area contributed by atoms with Gasteiger partial charge in [0.25, 0.3) is 0 Å². The van der Waals surface area contributed by atoms with Crippen molar-refractivity contribution in [2.24, 2.45) is 0 Å². The lowest BCUT2D eigenvalue weighted by molar-refractivity contribution is -0.113. The van der Waals surface area contributed by atoms with E-state index < -0.39 is 0 Å². The van der Waals surface area contributed by atoms with Crippen LogP contribution in [0.25, 0.3) is 10.9 Å². The average molecular weight is 393 g/mol. The minimum Gasteiger partial charge on any atom is -0.497 e. The largest absolute Gasteiger partial charge is 0.497 e. The number of nitrogens with zero attached hydrogens (tertiary/aromatic N) is 2. The fourth-order valence-corrected chi connectivity index (χ4v) is 3.38. The molecule has 0 saturated carbocycles. The van der Waals surface area contributed by atoms with Crippen molar-refractivity contribution in [2.45, 2.75) is 11.9 Å². The molecule has 0 bridgehead atoms. The molecule has 1 N–H and O–H groups in total. The van der Waals surface area contributed by atoms with Crippen LogP contribution in [0.15, 0.2) is 53.6 Å². The monoisotopic (exact) mass is 393 g/mol. The molecule has 1 aromatic heterocycles. The molecule has 3 rings (SSSR count). The Hall–Kier alpha value is -3.24. The quantitative estimate of drug-likeness (QED) is 0.604. The van der Waals surface area contributed by atoms with E-state index in [9.17, 15) is 10.1 Å². The molecule has 6 nitrogen and oxygen atoms in total. The highest BCUT2D eigenvalue weighted by atomic mass is 32.2. The summed E-state index contributed by atoms with van der Waals surface area (Å²) < 4.78 is 10.6. The number of pyridine rings is 1. The number of nitriles is 1. The summed E-state index contributed by atoms with van der Waals surface area (Å²) in [4.78, 5) is 16.8. The molecule has 7 heteroatoms. The Morgan fingerprint density at radius 2 is 2.07 bits per heavy atom. The summed E-state index contributed by atoms with van der Waals surface area (Å²) in [5, 5.41) is 13.6. The van der Waals surface area contributed by atoms with Crippen LogP contribution in [0.2, 0.25) is 0 Å². The lowest BCUT2D eigenvalue weighted by Crippen LogP contribution is -2.14. The van der Waals surface area contributed by atoms with Crippen molar-refractivity contribution in [2.75, 3.05) is 24.8 Å². The van der Waals surface area contributed by atoms with Gasteiger partial charge in [-0.2, -0.15) is 5.26 Å². The maximum atomic E-state index is 12.3. The molecule has 28 heavy (non-hydrogen) atoms. The molecule has 2 aromatic carbocycles. The first-order chi connectivity index (χ1) is 13.6. The van der Waals surface area contributed by atoms with Gasteiger partial charge in [-0.05, 0) is 43.3 Å². The van der Waals surface area contributed by atoms with Crippen molar-refractivity contribution in [1.82, 2.24) is 4.98 Å². The first-order valence-electron chi connectivity index (χ1n) is 8.67. The standard InChI is InChI=1S/C21H19N3O3S/c1-3-27-18-7-8-19-14(10-18)9-15(12-22)21(24-19)28-13-20(25)23-16-5-4-6-17(11-16)26-2/h4-11H,3,13H2,1-2H3,(H,23,25). The lowest BCUT2D eigenvalue weighted by Gasteiger charge is -2.09.